The lowest BCUT2D eigenvalue weighted by atomic mass is 10.1. The number of hydrogen-bond acceptors (Lipinski definition) is 3. The number of fused-ring (bicyclic) bond motifs is 1. The number of hydrogen-bond donors (Lipinski definition) is 4. The fourth-order valence-corrected chi connectivity index (χ4v) is 2.42. The van der Waals surface area contributed by atoms with Gasteiger partial charge in [-0.2, -0.15) is 0 Å². The van der Waals surface area contributed by atoms with Gasteiger partial charge in [0.15, 0.2) is 0 Å². The lowest BCUT2D eigenvalue weighted by Crippen LogP contribution is -2.49. The molecule has 7 nitrogen and oxygen atoms in total. The van der Waals surface area contributed by atoms with Gasteiger partial charge in [0.1, 0.15) is 6.04 Å². The van der Waals surface area contributed by atoms with Gasteiger partial charge >= 0.3 is 18.0 Å². The predicted molar refractivity (Wildman–Crippen MR) is 73.0 cm³/mol. The largest absolute Gasteiger partial charge is 0.481 e. The van der Waals surface area contributed by atoms with Crippen LogP contribution >= 0.6 is 0 Å². The van der Waals surface area contributed by atoms with Crippen LogP contribution in [-0.2, 0) is 22.4 Å². The molecule has 0 heterocycles. The Labute approximate surface area is 121 Å². The lowest BCUT2D eigenvalue weighted by Gasteiger charge is -2.16. The molecule has 7 heteroatoms. The zero-order chi connectivity index (χ0) is 15.4. The van der Waals surface area contributed by atoms with Crippen LogP contribution in [0.25, 0.3) is 0 Å². The maximum atomic E-state index is 11.8. The van der Waals surface area contributed by atoms with Gasteiger partial charge < -0.3 is 20.8 Å². The van der Waals surface area contributed by atoms with E-state index in [4.69, 9.17) is 10.2 Å². The highest BCUT2D eigenvalue weighted by Crippen LogP contribution is 2.21. The minimum atomic E-state index is -1.44. The third-order valence-corrected chi connectivity index (χ3v) is 3.37. The number of carboxylic acids is 2. The van der Waals surface area contributed by atoms with Crippen LogP contribution in [0.5, 0.6) is 0 Å². The monoisotopic (exact) mass is 292 g/mol. The predicted octanol–water partition coefficient (Wildman–Crippen LogP) is 0.381. The number of benzene rings is 1. The molecular formula is C14H16N2O5. The Morgan fingerprint density at radius 3 is 2.19 bits per heavy atom. The van der Waals surface area contributed by atoms with Crippen molar-refractivity contribution >= 4 is 18.0 Å². The van der Waals surface area contributed by atoms with Gasteiger partial charge in [-0.25, -0.2) is 9.59 Å². The molecule has 0 bridgehead atoms. The maximum Gasteiger partial charge on any atom is 0.326 e. The van der Waals surface area contributed by atoms with Crippen molar-refractivity contribution in [1.82, 2.24) is 10.6 Å². The molecule has 1 aliphatic rings. The summed E-state index contributed by atoms with van der Waals surface area (Å²) in [5, 5.41) is 22.3. The number of carbonyl (C=O) groups is 3. The van der Waals surface area contributed by atoms with E-state index in [2.05, 4.69) is 10.6 Å². The fourth-order valence-electron chi connectivity index (χ4n) is 2.42. The van der Waals surface area contributed by atoms with Crippen molar-refractivity contribution < 1.29 is 24.6 Å². The van der Waals surface area contributed by atoms with Gasteiger partial charge in [-0.1, -0.05) is 24.3 Å². The molecule has 0 aromatic heterocycles. The van der Waals surface area contributed by atoms with Crippen LogP contribution in [0.2, 0.25) is 0 Å². The Balaban J connectivity index is 1.88. The number of rotatable bonds is 5. The van der Waals surface area contributed by atoms with E-state index in [1.165, 1.54) is 0 Å². The van der Waals surface area contributed by atoms with Crippen molar-refractivity contribution in [3.8, 4) is 0 Å². The Hall–Kier alpha value is -2.57. The van der Waals surface area contributed by atoms with Gasteiger partial charge in [0.05, 0.1) is 6.42 Å². The first-order chi connectivity index (χ1) is 9.95. The number of carbonyl (C=O) groups excluding carboxylic acids is 1. The van der Waals surface area contributed by atoms with Crippen molar-refractivity contribution in [2.24, 2.45) is 0 Å². The third kappa shape index (κ3) is 3.95. The second kappa shape index (κ2) is 6.25. The summed E-state index contributed by atoms with van der Waals surface area (Å²) < 4.78 is 0. The highest BCUT2D eigenvalue weighted by Gasteiger charge is 2.26. The number of amides is 2. The molecule has 2 rings (SSSR count). The van der Waals surface area contributed by atoms with Crippen molar-refractivity contribution in [3.63, 3.8) is 0 Å². The van der Waals surface area contributed by atoms with E-state index in [1.807, 2.05) is 24.3 Å². The second-order valence-electron chi connectivity index (χ2n) is 4.98. The van der Waals surface area contributed by atoms with E-state index in [1.54, 1.807) is 0 Å². The summed E-state index contributed by atoms with van der Waals surface area (Å²) in [6.07, 6.45) is 0.703. The number of carboxylic acid groups (broad SMARTS) is 2. The van der Waals surface area contributed by atoms with Crippen LogP contribution in [0.1, 0.15) is 17.5 Å². The smallest absolute Gasteiger partial charge is 0.326 e. The molecule has 112 valence electrons. The molecule has 1 atom stereocenters. The van der Waals surface area contributed by atoms with Crippen LogP contribution in [0.3, 0.4) is 0 Å². The molecular weight excluding hydrogens is 276 g/mol. The van der Waals surface area contributed by atoms with Gasteiger partial charge in [-0.05, 0) is 24.0 Å². The van der Waals surface area contributed by atoms with Crippen LogP contribution in [0.15, 0.2) is 24.3 Å². The van der Waals surface area contributed by atoms with Crippen LogP contribution in [0, 0.1) is 0 Å². The van der Waals surface area contributed by atoms with E-state index in [0.717, 1.165) is 11.1 Å². The minimum Gasteiger partial charge on any atom is -0.481 e. The van der Waals surface area contributed by atoms with E-state index in [0.29, 0.717) is 12.8 Å². The molecule has 0 radical (unpaired) electrons. The average Bonchev–Trinajstić information content (AvgIpc) is 2.79. The molecule has 0 aliphatic heterocycles. The van der Waals surface area contributed by atoms with Gasteiger partial charge in [0.25, 0.3) is 0 Å². The number of aliphatic carboxylic acids is 2. The summed E-state index contributed by atoms with van der Waals surface area (Å²) in [6.45, 7) is 0. The summed E-state index contributed by atoms with van der Waals surface area (Å²) in [6, 6.07) is 5.61. The van der Waals surface area contributed by atoms with Crippen molar-refractivity contribution in [2.75, 3.05) is 0 Å². The molecule has 0 unspecified atom stereocenters. The summed E-state index contributed by atoms with van der Waals surface area (Å²) >= 11 is 0. The Bertz CT molecular complexity index is 547. The first-order valence-electron chi connectivity index (χ1n) is 6.54. The van der Waals surface area contributed by atoms with E-state index in [-0.39, 0.29) is 6.04 Å². The molecule has 0 spiro atoms. The maximum absolute atomic E-state index is 11.8. The van der Waals surface area contributed by atoms with Crippen molar-refractivity contribution in [2.45, 2.75) is 31.3 Å². The fraction of sp³-hybridized carbons (Fsp3) is 0.357. The Morgan fingerprint density at radius 1 is 1.14 bits per heavy atom. The first kappa shape index (κ1) is 14.8. The van der Waals surface area contributed by atoms with Gasteiger partial charge in [-0.15, -0.1) is 0 Å². The minimum absolute atomic E-state index is 0.110. The van der Waals surface area contributed by atoms with Crippen LogP contribution < -0.4 is 10.6 Å². The zero-order valence-electron chi connectivity index (χ0n) is 11.2. The van der Waals surface area contributed by atoms with Gasteiger partial charge in [0.2, 0.25) is 0 Å². The quantitative estimate of drug-likeness (QED) is 0.626. The van der Waals surface area contributed by atoms with E-state index in [9.17, 15) is 14.4 Å². The molecule has 2 amide bonds. The lowest BCUT2D eigenvalue weighted by molar-refractivity contribution is -0.145. The highest BCUT2D eigenvalue weighted by molar-refractivity contribution is 5.86. The Kier molecular flexibility index (Phi) is 4.42. The standard InChI is InChI=1S/C14H16N2O5/c17-12(18)7-11(13(19)20)16-14(21)15-10-5-8-3-1-2-4-9(8)6-10/h1-4,10-11H,5-7H2,(H,17,18)(H,19,20)(H2,15,16,21)/t11-/m1/s1. The number of nitrogens with one attached hydrogen (secondary N) is 2. The summed E-state index contributed by atoms with van der Waals surface area (Å²) in [7, 11) is 0. The summed E-state index contributed by atoms with van der Waals surface area (Å²) in [5.41, 5.74) is 2.31. The molecule has 0 fully saturated rings. The molecule has 0 saturated carbocycles. The molecule has 1 aromatic carbocycles. The van der Waals surface area contributed by atoms with Crippen molar-refractivity contribution in [1.29, 1.82) is 0 Å². The first-order valence-corrected chi connectivity index (χ1v) is 6.54. The highest BCUT2D eigenvalue weighted by atomic mass is 16.4. The Morgan fingerprint density at radius 2 is 1.71 bits per heavy atom. The van der Waals surface area contributed by atoms with E-state index < -0.39 is 30.4 Å². The summed E-state index contributed by atoms with van der Waals surface area (Å²) in [4.78, 5) is 33.2. The average molecular weight is 292 g/mol. The third-order valence-electron chi connectivity index (χ3n) is 3.37. The molecule has 0 saturated heterocycles. The van der Waals surface area contributed by atoms with Crippen LogP contribution in [0.4, 0.5) is 4.79 Å². The number of urea groups is 1. The molecule has 21 heavy (non-hydrogen) atoms. The van der Waals surface area contributed by atoms with Crippen LogP contribution in [-0.4, -0.2) is 40.3 Å². The van der Waals surface area contributed by atoms with E-state index >= 15 is 0 Å². The molecule has 4 N–H and O–H groups in total. The zero-order valence-corrected chi connectivity index (χ0v) is 11.2. The SMILES string of the molecule is O=C(O)C[C@@H](NC(=O)NC1Cc2ccccc2C1)C(=O)O. The topological polar surface area (TPSA) is 116 Å². The second-order valence-corrected chi connectivity index (χ2v) is 4.98. The summed E-state index contributed by atoms with van der Waals surface area (Å²) in [5.74, 6) is -2.65. The normalized spacial score (nSPS) is 15.0. The molecule has 1 aromatic rings. The van der Waals surface area contributed by atoms with Crippen molar-refractivity contribution in [3.05, 3.63) is 35.4 Å². The van der Waals surface area contributed by atoms with Gasteiger partial charge in [0, 0.05) is 6.04 Å². The van der Waals surface area contributed by atoms with Gasteiger partial charge in [-0.3, -0.25) is 4.79 Å². The molecule has 1 aliphatic carbocycles.